The van der Waals surface area contributed by atoms with Crippen LogP contribution in [0.4, 0.5) is 17.1 Å². The fourth-order valence-corrected chi connectivity index (χ4v) is 2.74. The Kier molecular flexibility index (Phi) is 4.10. The van der Waals surface area contributed by atoms with Gasteiger partial charge in [0.2, 0.25) is 0 Å². The third-order valence-electron chi connectivity index (χ3n) is 2.89. The van der Waals surface area contributed by atoms with E-state index in [0.717, 1.165) is 18.5 Å². The van der Waals surface area contributed by atoms with Crippen molar-refractivity contribution in [3.05, 3.63) is 40.6 Å². The first-order valence-electron chi connectivity index (χ1n) is 6.15. The van der Waals surface area contributed by atoms with Crippen molar-refractivity contribution < 1.29 is 0 Å². The molecule has 0 saturated heterocycles. The second-order valence-corrected chi connectivity index (χ2v) is 5.32. The van der Waals surface area contributed by atoms with E-state index >= 15 is 0 Å². The summed E-state index contributed by atoms with van der Waals surface area (Å²) in [5.41, 5.74) is 13.8. The molecule has 0 spiro atoms. The number of rotatable bonds is 5. The SMILES string of the molecule is CCCC(Nc1ccc(N)c(N)c1)c1cccs1. The average Bonchev–Trinajstić information content (AvgIpc) is 2.87. The van der Waals surface area contributed by atoms with Crippen molar-refractivity contribution in [1.82, 2.24) is 0 Å². The van der Waals surface area contributed by atoms with Gasteiger partial charge in [0, 0.05) is 10.6 Å². The number of benzene rings is 1. The zero-order valence-electron chi connectivity index (χ0n) is 10.5. The molecule has 4 heteroatoms. The van der Waals surface area contributed by atoms with Gasteiger partial charge in [-0.25, -0.2) is 0 Å². The Morgan fingerprint density at radius 2 is 2.06 bits per heavy atom. The lowest BCUT2D eigenvalue weighted by Crippen LogP contribution is -2.09. The van der Waals surface area contributed by atoms with Gasteiger partial charge in [0.1, 0.15) is 0 Å². The minimum Gasteiger partial charge on any atom is -0.397 e. The highest BCUT2D eigenvalue weighted by molar-refractivity contribution is 7.10. The Bertz CT molecular complexity index is 494. The molecule has 96 valence electrons. The van der Waals surface area contributed by atoms with Crippen LogP contribution in [0.25, 0.3) is 0 Å². The minimum absolute atomic E-state index is 0.345. The lowest BCUT2D eigenvalue weighted by molar-refractivity contribution is 0.688. The van der Waals surface area contributed by atoms with Crippen LogP contribution in [-0.4, -0.2) is 0 Å². The molecule has 1 aromatic heterocycles. The second-order valence-electron chi connectivity index (χ2n) is 4.34. The Labute approximate surface area is 112 Å². The molecule has 0 saturated carbocycles. The summed E-state index contributed by atoms with van der Waals surface area (Å²) in [6, 6.07) is 10.3. The molecule has 0 aliphatic carbocycles. The molecule has 0 amide bonds. The highest BCUT2D eigenvalue weighted by Gasteiger charge is 2.11. The predicted molar refractivity (Wildman–Crippen MR) is 80.9 cm³/mol. The number of anilines is 3. The van der Waals surface area contributed by atoms with Gasteiger partial charge >= 0.3 is 0 Å². The summed E-state index contributed by atoms with van der Waals surface area (Å²) in [5.74, 6) is 0. The maximum Gasteiger partial charge on any atom is 0.0606 e. The standard InChI is InChI=1S/C14H19N3S/c1-2-4-13(14-5-3-8-18-14)17-10-6-7-11(15)12(16)9-10/h3,5-9,13,17H,2,4,15-16H2,1H3. The van der Waals surface area contributed by atoms with Crippen molar-refractivity contribution in [3.8, 4) is 0 Å². The molecule has 0 radical (unpaired) electrons. The van der Waals surface area contributed by atoms with Gasteiger partial charge in [-0.1, -0.05) is 19.4 Å². The van der Waals surface area contributed by atoms with E-state index in [1.54, 1.807) is 11.3 Å². The number of nitrogens with one attached hydrogen (secondary N) is 1. The zero-order valence-corrected chi connectivity index (χ0v) is 11.3. The molecule has 2 rings (SSSR count). The maximum atomic E-state index is 5.83. The molecule has 1 heterocycles. The third kappa shape index (κ3) is 2.96. The molecule has 5 N–H and O–H groups in total. The molecule has 1 aromatic carbocycles. The fourth-order valence-electron chi connectivity index (χ4n) is 1.93. The van der Waals surface area contributed by atoms with E-state index in [1.165, 1.54) is 4.88 Å². The van der Waals surface area contributed by atoms with E-state index in [4.69, 9.17) is 11.5 Å². The summed E-state index contributed by atoms with van der Waals surface area (Å²) >= 11 is 1.78. The van der Waals surface area contributed by atoms with Crippen LogP contribution in [0.1, 0.15) is 30.7 Å². The first-order chi connectivity index (χ1) is 8.70. The Hall–Kier alpha value is -1.68. The fraction of sp³-hybridized carbons (Fsp3) is 0.286. The quantitative estimate of drug-likeness (QED) is 0.716. The van der Waals surface area contributed by atoms with Crippen LogP contribution < -0.4 is 16.8 Å². The van der Waals surface area contributed by atoms with Gasteiger partial charge in [0.15, 0.2) is 0 Å². The summed E-state index contributed by atoms with van der Waals surface area (Å²) in [4.78, 5) is 1.35. The van der Waals surface area contributed by atoms with Gasteiger partial charge in [-0.2, -0.15) is 0 Å². The van der Waals surface area contributed by atoms with Gasteiger partial charge < -0.3 is 16.8 Å². The molecule has 18 heavy (non-hydrogen) atoms. The molecule has 0 fully saturated rings. The van der Waals surface area contributed by atoms with Crippen LogP contribution in [0.2, 0.25) is 0 Å². The number of hydrogen-bond donors (Lipinski definition) is 3. The largest absolute Gasteiger partial charge is 0.397 e. The van der Waals surface area contributed by atoms with E-state index in [1.807, 2.05) is 18.2 Å². The smallest absolute Gasteiger partial charge is 0.0606 e. The topological polar surface area (TPSA) is 64.1 Å². The predicted octanol–water partition coefficient (Wildman–Crippen LogP) is 3.87. The van der Waals surface area contributed by atoms with Crippen molar-refractivity contribution in [2.24, 2.45) is 0 Å². The Morgan fingerprint density at radius 1 is 1.22 bits per heavy atom. The van der Waals surface area contributed by atoms with E-state index in [2.05, 4.69) is 29.8 Å². The molecule has 0 aliphatic rings. The molecular weight excluding hydrogens is 242 g/mol. The lowest BCUT2D eigenvalue weighted by Gasteiger charge is -2.18. The first kappa shape index (κ1) is 12.8. The summed E-state index contributed by atoms with van der Waals surface area (Å²) in [5, 5.41) is 5.63. The number of nitrogen functional groups attached to an aromatic ring is 2. The summed E-state index contributed by atoms with van der Waals surface area (Å²) in [6.45, 7) is 2.19. The molecule has 1 unspecified atom stereocenters. The Balaban J connectivity index is 2.16. The number of hydrogen-bond acceptors (Lipinski definition) is 4. The number of thiophene rings is 1. The molecule has 1 atom stereocenters. The van der Waals surface area contributed by atoms with Crippen LogP contribution >= 0.6 is 11.3 Å². The average molecular weight is 261 g/mol. The minimum atomic E-state index is 0.345. The molecule has 0 bridgehead atoms. The van der Waals surface area contributed by atoms with Gasteiger partial charge in [-0.05, 0) is 36.1 Å². The molecule has 0 aliphatic heterocycles. The molecular formula is C14H19N3S. The summed E-state index contributed by atoms with van der Waals surface area (Å²) in [7, 11) is 0. The van der Waals surface area contributed by atoms with E-state index in [-0.39, 0.29) is 0 Å². The third-order valence-corrected chi connectivity index (χ3v) is 3.88. The highest BCUT2D eigenvalue weighted by atomic mass is 32.1. The van der Waals surface area contributed by atoms with E-state index in [0.29, 0.717) is 17.4 Å². The monoisotopic (exact) mass is 261 g/mol. The van der Waals surface area contributed by atoms with Crippen LogP contribution in [-0.2, 0) is 0 Å². The van der Waals surface area contributed by atoms with Gasteiger partial charge in [-0.3, -0.25) is 0 Å². The summed E-state index contributed by atoms with van der Waals surface area (Å²) in [6.07, 6.45) is 2.24. The van der Waals surface area contributed by atoms with Crippen LogP contribution in [0, 0.1) is 0 Å². The maximum absolute atomic E-state index is 5.83. The van der Waals surface area contributed by atoms with E-state index < -0.39 is 0 Å². The van der Waals surface area contributed by atoms with E-state index in [9.17, 15) is 0 Å². The summed E-state index contributed by atoms with van der Waals surface area (Å²) < 4.78 is 0. The molecule has 2 aromatic rings. The molecule has 3 nitrogen and oxygen atoms in total. The number of nitrogens with two attached hydrogens (primary N) is 2. The van der Waals surface area contributed by atoms with Crippen molar-refractivity contribution in [1.29, 1.82) is 0 Å². The van der Waals surface area contributed by atoms with Gasteiger partial charge in [-0.15, -0.1) is 11.3 Å². The van der Waals surface area contributed by atoms with Crippen molar-refractivity contribution in [3.63, 3.8) is 0 Å². The van der Waals surface area contributed by atoms with Gasteiger partial charge in [0.25, 0.3) is 0 Å². The Morgan fingerprint density at radius 3 is 2.67 bits per heavy atom. The van der Waals surface area contributed by atoms with Crippen molar-refractivity contribution in [2.45, 2.75) is 25.8 Å². The second kappa shape index (κ2) is 5.78. The van der Waals surface area contributed by atoms with Crippen LogP contribution in [0.3, 0.4) is 0 Å². The zero-order chi connectivity index (χ0) is 13.0. The lowest BCUT2D eigenvalue weighted by atomic mass is 10.1. The highest BCUT2D eigenvalue weighted by Crippen LogP contribution is 2.29. The van der Waals surface area contributed by atoms with Crippen LogP contribution in [0.15, 0.2) is 35.7 Å². The van der Waals surface area contributed by atoms with Crippen molar-refractivity contribution >= 4 is 28.4 Å². The normalized spacial score (nSPS) is 12.3. The van der Waals surface area contributed by atoms with Crippen LogP contribution in [0.5, 0.6) is 0 Å². The first-order valence-corrected chi connectivity index (χ1v) is 7.03. The van der Waals surface area contributed by atoms with Crippen molar-refractivity contribution in [2.75, 3.05) is 16.8 Å². The van der Waals surface area contributed by atoms with Gasteiger partial charge in [0.05, 0.1) is 17.4 Å².